The maximum Gasteiger partial charge on any atom is 0.225 e. The van der Waals surface area contributed by atoms with Crippen LogP contribution in [0, 0.1) is 0 Å². The van der Waals surface area contributed by atoms with Crippen molar-refractivity contribution >= 4 is 53.2 Å². The summed E-state index contributed by atoms with van der Waals surface area (Å²) in [6, 6.07) is 10.8. The molecule has 1 atom stereocenters. The number of ether oxygens (including phenoxy) is 3. The number of hydrogen-bond acceptors (Lipinski definition) is 8. The average Bonchev–Trinajstić information content (AvgIpc) is 3.32. The van der Waals surface area contributed by atoms with Gasteiger partial charge in [0.25, 0.3) is 0 Å². The topological polar surface area (TPSA) is 104 Å². The van der Waals surface area contributed by atoms with Crippen molar-refractivity contribution in [2.45, 2.75) is 52.1 Å². The zero-order chi connectivity index (χ0) is 29.9. The Balaban J connectivity index is 1.37. The minimum Gasteiger partial charge on any atom is -0.488 e. The van der Waals surface area contributed by atoms with Crippen LogP contribution in [-0.4, -0.2) is 57.0 Å². The van der Waals surface area contributed by atoms with Gasteiger partial charge in [0.15, 0.2) is 0 Å². The second-order valence-electron chi connectivity index (χ2n) is 11.3. The molecule has 42 heavy (non-hydrogen) atoms. The Bertz CT molecular complexity index is 1710. The number of hydrogen-bond donors (Lipinski definition) is 1. The molecule has 0 saturated carbocycles. The van der Waals surface area contributed by atoms with E-state index in [9.17, 15) is 5.11 Å². The van der Waals surface area contributed by atoms with E-state index in [-0.39, 0.29) is 23.1 Å². The fraction of sp³-hybridized carbons (Fsp3) is 0.333. The van der Waals surface area contributed by atoms with Gasteiger partial charge in [-0.1, -0.05) is 37.3 Å². The van der Waals surface area contributed by atoms with Gasteiger partial charge in [-0.05, 0) is 60.0 Å². The molecule has 9 nitrogen and oxygen atoms in total. The molecule has 4 aromatic heterocycles. The highest BCUT2D eigenvalue weighted by molar-refractivity contribution is 6.76. The molecular weight excluding hydrogens is 593 g/mol. The summed E-state index contributed by atoms with van der Waals surface area (Å²) >= 11 is 12.8. The third kappa shape index (κ3) is 7.37. The normalized spacial score (nSPS) is 12.6. The second-order valence-corrected chi connectivity index (χ2v) is 17.7. The van der Waals surface area contributed by atoms with Gasteiger partial charge < -0.3 is 23.9 Å². The van der Waals surface area contributed by atoms with Crippen LogP contribution in [0.25, 0.3) is 33.1 Å². The minimum absolute atomic E-state index is 0.0838. The molecule has 0 radical (unpaired) electrons. The lowest BCUT2D eigenvalue weighted by Crippen LogP contribution is -2.22. The molecule has 1 N–H and O–H groups in total. The summed E-state index contributed by atoms with van der Waals surface area (Å²) in [5.41, 5.74) is 3.92. The van der Waals surface area contributed by atoms with Crippen molar-refractivity contribution in [3.63, 3.8) is 0 Å². The fourth-order valence-corrected chi connectivity index (χ4v) is 5.66. The Kier molecular flexibility index (Phi) is 9.29. The van der Waals surface area contributed by atoms with Crippen LogP contribution in [0.4, 0.5) is 0 Å². The number of nitrogens with zero attached hydrogens (tertiary/aromatic N) is 5. The highest BCUT2D eigenvalue weighted by Gasteiger charge is 2.19. The lowest BCUT2D eigenvalue weighted by atomic mass is 10.0. The number of rotatable bonds is 12. The lowest BCUT2D eigenvalue weighted by molar-refractivity contribution is 0.0899. The summed E-state index contributed by atoms with van der Waals surface area (Å²) in [5, 5.41) is 11.3. The van der Waals surface area contributed by atoms with Crippen LogP contribution in [0.3, 0.4) is 0 Å². The van der Waals surface area contributed by atoms with E-state index in [4.69, 9.17) is 37.4 Å². The van der Waals surface area contributed by atoms with Gasteiger partial charge >= 0.3 is 0 Å². The smallest absolute Gasteiger partial charge is 0.225 e. The molecule has 0 aliphatic carbocycles. The van der Waals surface area contributed by atoms with E-state index in [1.165, 1.54) is 0 Å². The van der Waals surface area contributed by atoms with Crippen LogP contribution in [-0.2, 0) is 18.1 Å². The van der Waals surface area contributed by atoms with E-state index in [2.05, 4.69) is 39.6 Å². The summed E-state index contributed by atoms with van der Waals surface area (Å²) in [4.78, 5) is 17.3. The van der Waals surface area contributed by atoms with Gasteiger partial charge in [0, 0.05) is 38.0 Å². The monoisotopic (exact) mass is 625 g/mol. The van der Waals surface area contributed by atoms with Gasteiger partial charge in [-0.15, -0.1) is 0 Å². The Hall–Kier alpha value is -3.28. The molecule has 220 valence electrons. The largest absolute Gasteiger partial charge is 0.488 e. The van der Waals surface area contributed by atoms with Crippen molar-refractivity contribution in [2.24, 2.45) is 0 Å². The standard InChI is InChI=1S/C30H33Cl2N5O4Si/c1-19(17-40-23-9-20(16-38)12-33-13-23)41-24-11-22-10-21(5-6-26(22)34-14-24)25-15-37(18-39-7-8-42(2,3)4)29-27(25)28(31)35-30(32)36-29/h5-6,9-15,19,38H,7-8,16-18H2,1-4H3/t19-/m1/s1. The molecule has 12 heteroatoms. The van der Waals surface area contributed by atoms with E-state index in [0.29, 0.717) is 48.0 Å². The second kappa shape index (κ2) is 12.9. The molecule has 0 amide bonds. The Morgan fingerprint density at radius 2 is 1.86 bits per heavy atom. The molecule has 0 saturated heterocycles. The number of aliphatic hydroxyl groups excluding tert-OH is 1. The fourth-order valence-electron chi connectivity index (χ4n) is 4.43. The molecule has 0 aliphatic rings. The number of aromatic nitrogens is 5. The third-order valence-corrected chi connectivity index (χ3v) is 8.76. The molecule has 1 aromatic carbocycles. The van der Waals surface area contributed by atoms with Crippen LogP contribution < -0.4 is 9.47 Å². The van der Waals surface area contributed by atoms with Crippen molar-refractivity contribution in [1.29, 1.82) is 0 Å². The number of aliphatic hydroxyl groups is 1. The summed E-state index contributed by atoms with van der Waals surface area (Å²) in [6.07, 6.45) is 6.62. The van der Waals surface area contributed by atoms with E-state index in [1.807, 2.05) is 42.0 Å². The maximum absolute atomic E-state index is 9.31. The molecule has 0 fully saturated rings. The molecule has 0 unspecified atom stereocenters. The lowest BCUT2D eigenvalue weighted by Gasteiger charge is -2.16. The number of halogens is 2. The summed E-state index contributed by atoms with van der Waals surface area (Å²) in [7, 11) is -1.22. The zero-order valence-corrected chi connectivity index (χ0v) is 26.5. The predicted octanol–water partition coefficient (Wildman–Crippen LogP) is 7.00. The maximum atomic E-state index is 9.31. The van der Waals surface area contributed by atoms with E-state index < -0.39 is 8.07 Å². The van der Waals surface area contributed by atoms with Gasteiger partial charge in [-0.2, -0.15) is 4.98 Å². The first kappa shape index (κ1) is 30.2. The third-order valence-electron chi connectivity index (χ3n) is 6.61. The van der Waals surface area contributed by atoms with Crippen molar-refractivity contribution in [3.05, 3.63) is 71.1 Å². The average molecular weight is 627 g/mol. The number of fused-ring (bicyclic) bond motifs is 2. The van der Waals surface area contributed by atoms with Gasteiger partial charge in [0.2, 0.25) is 5.28 Å². The van der Waals surface area contributed by atoms with Crippen molar-refractivity contribution in [3.8, 4) is 22.6 Å². The molecule has 0 aliphatic heterocycles. The van der Waals surface area contributed by atoms with Crippen LogP contribution >= 0.6 is 23.2 Å². The quantitative estimate of drug-likeness (QED) is 0.0684. The van der Waals surface area contributed by atoms with Crippen LogP contribution in [0.2, 0.25) is 36.1 Å². The molecule has 5 aromatic rings. The van der Waals surface area contributed by atoms with E-state index in [0.717, 1.165) is 28.1 Å². The molecule has 4 heterocycles. The van der Waals surface area contributed by atoms with Crippen LogP contribution in [0.5, 0.6) is 11.5 Å². The van der Waals surface area contributed by atoms with Crippen molar-refractivity contribution in [2.75, 3.05) is 13.2 Å². The molecular formula is C30H33Cl2N5O4Si. The Morgan fingerprint density at radius 3 is 2.64 bits per heavy atom. The molecule has 0 bridgehead atoms. The SMILES string of the molecule is C[C@H](COc1cncc(CO)c1)Oc1cnc2ccc(-c3cn(COCC[Si](C)(C)C)c4nc(Cl)nc(Cl)c34)cc2c1. The summed E-state index contributed by atoms with van der Waals surface area (Å²) in [6.45, 7) is 10.1. The highest BCUT2D eigenvalue weighted by atomic mass is 35.5. The summed E-state index contributed by atoms with van der Waals surface area (Å²) in [5.74, 6) is 1.19. The first-order valence-electron chi connectivity index (χ1n) is 13.6. The minimum atomic E-state index is -1.22. The van der Waals surface area contributed by atoms with Crippen molar-refractivity contribution < 1.29 is 19.3 Å². The van der Waals surface area contributed by atoms with Crippen LogP contribution in [0.15, 0.2) is 55.1 Å². The van der Waals surface area contributed by atoms with Gasteiger partial charge in [0.1, 0.15) is 41.7 Å². The molecule has 0 spiro atoms. The van der Waals surface area contributed by atoms with E-state index >= 15 is 0 Å². The first-order chi connectivity index (χ1) is 20.1. The Morgan fingerprint density at radius 1 is 1.02 bits per heavy atom. The van der Waals surface area contributed by atoms with Crippen molar-refractivity contribution in [1.82, 2.24) is 24.5 Å². The number of pyridine rings is 2. The number of benzene rings is 1. The first-order valence-corrected chi connectivity index (χ1v) is 18.1. The molecule has 5 rings (SSSR count). The van der Waals surface area contributed by atoms with Gasteiger partial charge in [0.05, 0.1) is 29.9 Å². The Labute approximate surface area is 255 Å². The van der Waals surface area contributed by atoms with E-state index in [1.54, 1.807) is 24.7 Å². The van der Waals surface area contributed by atoms with Crippen LogP contribution in [0.1, 0.15) is 12.5 Å². The van der Waals surface area contributed by atoms with Gasteiger partial charge in [-0.25, -0.2) is 4.98 Å². The summed E-state index contributed by atoms with van der Waals surface area (Å²) < 4.78 is 19.8. The predicted molar refractivity (Wildman–Crippen MR) is 168 cm³/mol. The highest BCUT2D eigenvalue weighted by Crippen LogP contribution is 2.36. The van der Waals surface area contributed by atoms with Gasteiger partial charge in [-0.3, -0.25) is 9.97 Å². The zero-order valence-electron chi connectivity index (χ0n) is 24.0.